The number of esters is 1. The van der Waals surface area contributed by atoms with Gasteiger partial charge in [0.25, 0.3) is 0 Å². The van der Waals surface area contributed by atoms with Crippen LogP contribution in [0.3, 0.4) is 0 Å². The number of hydrogen-bond donors (Lipinski definition) is 2. The zero-order valence-corrected chi connectivity index (χ0v) is 11.0. The zero-order valence-electron chi connectivity index (χ0n) is 10.2. The van der Waals surface area contributed by atoms with Crippen molar-refractivity contribution in [2.75, 3.05) is 23.3 Å². The van der Waals surface area contributed by atoms with Crippen LogP contribution in [0.2, 0.25) is 0 Å². The molecule has 0 aliphatic heterocycles. The highest BCUT2D eigenvalue weighted by molar-refractivity contribution is 7.93. The van der Waals surface area contributed by atoms with Gasteiger partial charge < -0.3 is 10.5 Å². The van der Waals surface area contributed by atoms with Crippen molar-refractivity contribution in [1.82, 2.24) is 0 Å². The summed E-state index contributed by atoms with van der Waals surface area (Å²) >= 11 is 0. The molecule has 0 heterocycles. The van der Waals surface area contributed by atoms with Gasteiger partial charge in [-0.3, -0.25) is 9.52 Å². The number of halogens is 3. The lowest BCUT2D eigenvalue weighted by atomic mass is 10.2. The van der Waals surface area contributed by atoms with Crippen molar-refractivity contribution in [3.05, 3.63) is 23.8 Å². The summed E-state index contributed by atoms with van der Waals surface area (Å²) in [7, 11) is -3.10. The lowest BCUT2D eigenvalue weighted by Crippen LogP contribution is -2.24. The van der Waals surface area contributed by atoms with Gasteiger partial charge in [0.15, 0.2) is 5.75 Å². The predicted molar refractivity (Wildman–Crippen MR) is 65.3 cm³/mol. The molecule has 0 bridgehead atoms. The highest BCUT2D eigenvalue weighted by Gasteiger charge is 2.31. The fourth-order valence-electron chi connectivity index (χ4n) is 1.25. The fourth-order valence-corrected chi connectivity index (χ4v) is 2.27. The number of nitrogens with one attached hydrogen (secondary N) is 1. The van der Waals surface area contributed by atoms with Crippen molar-refractivity contribution in [3.8, 4) is 0 Å². The van der Waals surface area contributed by atoms with Gasteiger partial charge in [-0.2, -0.15) is 13.2 Å². The molecule has 0 unspecified atom stereocenters. The van der Waals surface area contributed by atoms with Crippen LogP contribution in [0.5, 0.6) is 0 Å². The Morgan fingerprint density at radius 2 is 2.00 bits per heavy atom. The second-order valence-corrected chi connectivity index (χ2v) is 5.46. The van der Waals surface area contributed by atoms with Crippen LogP contribution in [-0.4, -0.2) is 27.2 Å². The Kier molecular flexibility index (Phi) is 4.48. The molecule has 3 N–H and O–H groups in total. The molecule has 1 aromatic rings. The maximum Gasteiger partial charge on any atom is 0.416 e. The molecule has 1 aromatic carbocycles. The van der Waals surface area contributed by atoms with E-state index >= 15 is 0 Å². The third kappa shape index (κ3) is 4.30. The maximum absolute atomic E-state index is 12.4. The minimum Gasteiger partial charge on any atom is -0.468 e. The number of carbonyl (C=O) groups excluding carboxylic acids is 1. The zero-order chi connectivity index (χ0) is 15.6. The maximum atomic E-state index is 12.4. The molecule has 0 saturated heterocycles. The standard InChI is InChI=1S/C10H11F3N2O4S/c1-19-9(16)5-20(17,18)15-8-3-2-6(4-7(8)14)10(11,12)13/h2-4,15H,5,14H2,1H3. The smallest absolute Gasteiger partial charge is 0.416 e. The van der Waals surface area contributed by atoms with Gasteiger partial charge in [0.2, 0.25) is 10.0 Å². The summed E-state index contributed by atoms with van der Waals surface area (Å²) in [5.41, 5.74) is 3.68. The number of hydrogen-bond acceptors (Lipinski definition) is 5. The summed E-state index contributed by atoms with van der Waals surface area (Å²) in [6.07, 6.45) is -4.59. The average Bonchev–Trinajstić information content (AvgIpc) is 2.29. The third-order valence-corrected chi connectivity index (χ3v) is 3.33. The van der Waals surface area contributed by atoms with Gasteiger partial charge in [-0.1, -0.05) is 0 Å². The summed E-state index contributed by atoms with van der Waals surface area (Å²) < 4.78 is 66.3. The number of carbonyl (C=O) groups is 1. The van der Waals surface area contributed by atoms with Gasteiger partial charge in [-0.25, -0.2) is 8.42 Å². The van der Waals surface area contributed by atoms with Crippen LogP contribution < -0.4 is 10.5 Å². The number of nitrogen functional groups attached to an aromatic ring is 1. The van der Waals surface area contributed by atoms with E-state index in [0.29, 0.717) is 12.1 Å². The van der Waals surface area contributed by atoms with Crippen molar-refractivity contribution >= 4 is 27.4 Å². The first kappa shape index (κ1) is 16.1. The van der Waals surface area contributed by atoms with Crippen molar-refractivity contribution in [1.29, 1.82) is 0 Å². The monoisotopic (exact) mass is 312 g/mol. The number of methoxy groups -OCH3 is 1. The van der Waals surface area contributed by atoms with E-state index in [4.69, 9.17) is 5.73 Å². The molecule has 0 radical (unpaired) electrons. The van der Waals surface area contributed by atoms with Crippen LogP contribution in [0.15, 0.2) is 18.2 Å². The number of rotatable bonds is 4. The van der Waals surface area contributed by atoms with Crippen LogP contribution in [0.4, 0.5) is 24.5 Å². The van der Waals surface area contributed by atoms with Crippen molar-refractivity contribution in [2.45, 2.75) is 6.18 Å². The number of benzene rings is 1. The summed E-state index contributed by atoms with van der Waals surface area (Å²) in [5.74, 6) is -1.98. The van der Waals surface area contributed by atoms with Crippen LogP contribution in [0.1, 0.15) is 5.56 Å². The van der Waals surface area contributed by atoms with Gasteiger partial charge in [0, 0.05) is 0 Å². The number of anilines is 2. The number of sulfonamides is 1. The van der Waals surface area contributed by atoms with Crippen molar-refractivity contribution in [2.24, 2.45) is 0 Å². The van der Waals surface area contributed by atoms with Crippen molar-refractivity contribution < 1.29 is 31.1 Å². The second-order valence-electron chi connectivity index (χ2n) is 3.74. The summed E-state index contributed by atoms with van der Waals surface area (Å²) in [5, 5.41) is 0. The minimum absolute atomic E-state index is 0.248. The molecule has 0 atom stereocenters. The van der Waals surface area contributed by atoms with Crippen LogP contribution in [-0.2, 0) is 25.7 Å². The molecule has 10 heteroatoms. The number of ether oxygens (including phenoxy) is 1. The Labute approximate surface area is 112 Å². The molecule has 0 fully saturated rings. The molecule has 20 heavy (non-hydrogen) atoms. The lowest BCUT2D eigenvalue weighted by molar-refractivity contribution is -0.138. The second kappa shape index (κ2) is 5.57. The Bertz CT molecular complexity index is 613. The molecular formula is C10H11F3N2O4S. The van der Waals surface area contributed by atoms with Crippen LogP contribution >= 0.6 is 0 Å². The largest absolute Gasteiger partial charge is 0.468 e. The molecule has 0 spiro atoms. The van der Waals surface area contributed by atoms with E-state index in [-0.39, 0.29) is 5.69 Å². The van der Waals surface area contributed by atoms with E-state index in [0.717, 1.165) is 13.2 Å². The molecule has 0 aliphatic carbocycles. The van der Waals surface area contributed by atoms with Gasteiger partial charge in [-0.15, -0.1) is 0 Å². The molecule has 0 saturated carbocycles. The van der Waals surface area contributed by atoms with Gasteiger partial charge in [-0.05, 0) is 18.2 Å². The van der Waals surface area contributed by atoms with Gasteiger partial charge in [0.1, 0.15) is 0 Å². The first-order valence-electron chi connectivity index (χ1n) is 5.09. The van der Waals surface area contributed by atoms with E-state index < -0.39 is 39.2 Å². The molecule has 0 amide bonds. The minimum atomic E-state index is -4.59. The molecular weight excluding hydrogens is 301 g/mol. The fraction of sp³-hybridized carbons (Fsp3) is 0.300. The molecule has 6 nitrogen and oxygen atoms in total. The Balaban J connectivity index is 2.97. The lowest BCUT2D eigenvalue weighted by Gasteiger charge is -2.12. The third-order valence-electron chi connectivity index (χ3n) is 2.18. The SMILES string of the molecule is COC(=O)CS(=O)(=O)Nc1ccc(C(F)(F)F)cc1N. The normalized spacial score (nSPS) is 12.0. The van der Waals surface area contributed by atoms with Gasteiger partial charge >= 0.3 is 12.1 Å². The Hall–Kier alpha value is -1.97. The topological polar surface area (TPSA) is 98.5 Å². The van der Waals surface area contributed by atoms with E-state index in [1.165, 1.54) is 0 Å². The average molecular weight is 312 g/mol. The highest BCUT2D eigenvalue weighted by Crippen LogP contribution is 2.33. The summed E-state index contributed by atoms with van der Waals surface area (Å²) in [6, 6.07) is 2.13. The van der Waals surface area contributed by atoms with E-state index in [1.54, 1.807) is 0 Å². The van der Waals surface area contributed by atoms with Crippen LogP contribution in [0, 0.1) is 0 Å². The first-order chi connectivity index (χ1) is 9.05. The number of nitrogens with two attached hydrogens (primary N) is 1. The molecule has 1 rings (SSSR count). The van der Waals surface area contributed by atoms with Crippen molar-refractivity contribution in [3.63, 3.8) is 0 Å². The van der Waals surface area contributed by atoms with Gasteiger partial charge in [0.05, 0.1) is 24.0 Å². The molecule has 0 aromatic heterocycles. The van der Waals surface area contributed by atoms with E-state index in [1.807, 2.05) is 4.72 Å². The highest BCUT2D eigenvalue weighted by atomic mass is 32.2. The summed E-state index contributed by atoms with van der Waals surface area (Å²) in [4.78, 5) is 10.9. The predicted octanol–water partition coefficient (Wildman–Crippen LogP) is 1.20. The number of alkyl halides is 3. The summed E-state index contributed by atoms with van der Waals surface area (Å²) in [6.45, 7) is 0. The Morgan fingerprint density at radius 3 is 2.45 bits per heavy atom. The molecule has 112 valence electrons. The van der Waals surface area contributed by atoms with Crippen LogP contribution in [0.25, 0.3) is 0 Å². The Morgan fingerprint density at radius 1 is 1.40 bits per heavy atom. The van der Waals surface area contributed by atoms with E-state index in [2.05, 4.69) is 4.74 Å². The quantitative estimate of drug-likeness (QED) is 0.643. The molecule has 0 aliphatic rings. The van der Waals surface area contributed by atoms with E-state index in [9.17, 15) is 26.4 Å². The first-order valence-corrected chi connectivity index (χ1v) is 6.74.